The molecule has 6 nitrogen and oxygen atoms in total. The summed E-state index contributed by atoms with van der Waals surface area (Å²) >= 11 is 0. The number of carbonyl (C=O) groups is 2. The van der Waals surface area contributed by atoms with Crippen LogP contribution in [0.25, 0.3) is 22.6 Å². The van der Waals surface area contributed by atoms with Gasteiger partial charge in [-0.25, -0.2) is 4.98 Å². The van der Waals surface area contributed by atoms with E-state index in [0.717, 1.165) is 35.9 Å². The van der Waals surface area contributed by atoms with E-state index in [9.17, 15) is 9.59 Å². The van der Waals surface area contributed by atoms with Crippen molar-refractivity contribution in [2.24, 2.45) is 0 Å². The number of benzene rings is 2. The average Bonchev–Trinajstić information content (AvgIpc) is 3.33. The summed E-state index contributed by atoms with van der Waals surface area (Å²) in [5.41, 5.74) is 3.02. The Morgan fingerprint density at radius 1 is 1.11 bits per heavy atom. The molecule has 1 N–H and O–H groups in total. The molecule has 1 aliphatic rings. The van der Waals surface area contributed by atoms with Crippen LogP contribution in [0.2, 0.25) is 0 Å². The fourth-order valence-corrected chi connectivity index (χ4v) is 3.85. The van der Waals surface area contributed by atoms with Gasteiger partial charge >= 0.3 is 0 Å². The highest BCUT2D eigenvalue weighted by molar-refractivity contribution is 5.94. The summed E-state index contributed by atoms with van der Waals surface area (Å²) in [6.45, 7) is 1.53. The molecular formula is C22H23N3O3. The number of nitrogens with one attached hydrogen (secondary N) is 1. The molecule has 0 aliphatic heterocycles. The van der Waals surface area contributed by atoms with Crippen LogP contribution in [0.3, 0.4) is 0 Å². The van der Waals surface area contributed by atoms with E-state index in [4.69, 9.17) is 4.42 Å². The van der Waals surface area contributed by atoms with Crippen molar-refractivity contribution >= 4 is 22.9 Å². The lowest BCUT2D eigenvalue weighted by Gasteiger charge is -2.25. The molecule has 1 saturated carbocycles. The zero-order chi connectivity index (χ0) is 19.7. The maximum absolute atomic E-state index is 12.8. The first kappa shape index (κ1) is 18.2. The highest BCUT2D eigenvalue weighted by atomic mass is 16.3. The Balaban J connectivity index is 1.46. The lowest BCUT2D eigenvalue weighted by Crippen LogP contribution is -2.37. The molecule has 1 aliphatic carbocycles. The minimum atomic E-state index is -0.0191. The fraction of sp³-hybridized carbons (Fsp3) is 0.318. The van der Waals surface area contributed by atoms with E-state index in [1.807, 2.05) is 55.6 Å². The Kier molecular flexibility index (Phi) is 4.86. The molecule has 1 heterocycles. The summed E-state index contributed by atoms with van der Waals surface area (Å²) in [5, 5.41) is 2.95. The van der Waals surface area contributed by atoms with Crippen LogP contribution < -0.4 is 5.32 Å². The second-order valence-electron chi connectivity index (χ2n) is 7.34. The smallest absolute Gasteiger partial charge is 0.253 e. The first-order valence-electron chi connectivity index (χ1n) is 9.51. The van der Waals surface area contributed by atoms with Crippen LogP contribution in [-0.2, 0) is 4.79 Å². The SMILES string of the molecule is CC(=O)N[C@H]1CC[C@@H](N(C)C(=O)c2ccc(-c3nc4ccccc4o3)cc2)C1. The van der Waals surface area contributed by atoms with Gasteiger partial charge in [-0.2, -0.15) is 0 Å². The molecule has 0 bridgehead atoms. The topological polar surface area (TPSA) is 75.4 Å². The van der Waals surface area contributed by atoms with Gasteiger partial charge in [0.2, 0.25) is 11.8 Å². The summed E-state index contributed by atoms with van der Waals surface area (Å²) in [7, 11) is 1.83. The van der Waals surface area contributed by atoms with Crippen molar-refractivity contribution in [2.75, 3.05) is 7.05 Å². The van der Waals surface area contributed by atoms with Crippen LogP contribution in [0, 0.1) is 0 Å². The predicted molar refractivity (Wildman–Crippen MR) is 107 cm³/mol. The number of carbonyl (C=O) groups excluding carboxylic acids is 2. The minimum Gasteiger partial charge on any atom is -0.436 e. The number of para-hydroxylation sites is 2. The number of oxazole rings is 1. The molecule has 28 heavy (non-hydrogen) atoms. The second-order valence-corrected chi connectivity index (χ2v) is 7.34. The molecule has 6 heteroatoms. The maximum atomic E-state index is 12.8. The van der Waals surface area contributed by atoms with Gasteiger partial charge in [0.1, 0.15) is 5.52 Å². The van der Waals surface area contributed by atoms with E-state index in [-0.39, 0.29) is 23.9 Å². The predicted octanol–water partition coefficient (Wildman–Crippen LogP) is 3.62. The molecule has 3 aromatic rings. The molecule has 2 atom stereocenters. The third kappa shape index (κ3) is 3.63. The quantitative estimate of drug-likeness (QED) is 0.753. The van der Waals surface area contributed by atoms with Crippen molar-refractivity contribution in [3.63, 3.8) is 0 Å². The molecule has 2 aromatic carbocycles. The van der Waals surface area contributed by atoms with Gasteiger partial charge in [0, 0.05) is 37.2 Å². The summed E-state index contributed by atoms with van der Waals surface area (Å²) in [4.78, 5) is 30.4. The second kappa shape index (κ2) is 7.46. The number of hydrogen-bond acceptors (Lipinski definition) is 4. The zero-order valence-corrected chi connectivity index (χ0v) is 16.0. The lowest BCUT2D eigenvalue weighted by atomic mass is 10.1. The number of hydrogen-bond donors (Lipinski definition) is 1. The average molecular weight is 377 g/mol. The zero-order valence-electron chi connectivity index (χ0n) is 16.0. The number of nitrogens with zero attached hydrogens (tertiary/aromatic N) is 2. The van der Waals surface area contributed by atoms with E-state index >= 15 is 0 Å². The molecule has 4 rings (SSSR count). The molecule has 1 fully saturated rings. The molecule has 0 unspecified atom stereocenters. The molecule has 0 radical (unpaired) electrons. The van der Waals surface area contributed by atoms with Crippen molar-refractivity contribution in [3.8, 4) is 11.5 Å². The molecule has 2 amide bonds. The van der Waals surface area contributed by atoms with Gasteiger partial charge < -0.3 is 14.6 Å². The van der Waals surface area contributed by atoms with Crippen molar-refractivity contribution < 1.29 is 14.0 Å². The number of aromatic nitrogens is 1. The maximum Gasteiger partial charge on any atom is 0.253 e. The van der Waals surface area contributed by atoms with Gasteiger partial charge in [0.05, 0.1) is 0 Å². The standard InChI is InChI=1S/C22H23N3O3/c1-14(26)23-17-11-12-18(13-17)25(2)22(27)16-9-7-15(8-10-16)21-24-19-5-3-4-6-20(19)28-21/h3-10,17-18H,11-13H2,1-2H3,(H,23,26)/t17-,18+/m0/s1. The van der Waals surface area contributed by atoms with Crippen molar-refractivity contribution in [1.82, 2.24) is 15.2 Å². The molecule has 144 valence electrons. The normalized spacial score (nSPS) is 18.9. The van der Waals surface area contributed by atoms with Crippen LogP contribution in [0.5, 0.6) is 0 Å². The first-order chi connectivity index (χ1) is 13.5. The van der Waals surface area contributed by atoms with E-state index in [1.54, 1.807) is 4.90 Å². The van der Waals surface area contributed by atoms with Crippen LogP contribution >= 0.6 is 0 Å². The van der Waals surface area contributed by atoms with E-state index in [1.165, 1.54) is 6.92 Å². The third-order valence-electron chi connectivity index (χ3n) is 5.35. The fourth-order valence-electron chi connectivity index (χ4n) is 3.85. The molecule has 1 aromatic heterocycles. The Bertz CT molecular complexity index is 976. The van der Waals surface area contributed by atoms with E-state index in [2.05, 4.69) is 10.3 Å². The van der Waals surface area contributed by atoms with E-state index < -0.39 is 0 Å². The number of amides is 2. The van der Waals surface area contributed by atoms with Gasteiger partial charge in [0.15, 0.2) is 5.58 Å². The Morgan fingerprint density at radius 2 is 1.86 bits per heavy atom. The van der Waals surface area contributed by atoms with Gasteiger partial charge in [-0.3, -0.25) is 9.59 Å². The van der Waals surface area contributed by atoms with Gasteiger partial charge in [-0.1, -0.05) is 12.1 Å². The lowest BCUT2D eigenvalue weighted by molar-refractivity contribution is -0.119. The van der Waals surface area contributed by atoms with Crippen molar-refractivity contribution in [2.45, 2.75) is 38.3 Å². The number of fused-ring (bicyclic) bond motifs is 1. The molecule has 0 saturated heterocycles. The summed E-state index contributed by atoms with van der Waals surface area (Å²) in [6, 6.07) is 15.3. The van der Waals surface area contributed by atoms with Gasteiger partial charge in [0.25, 0.3) is 5.91 Å². The van der Waals surface area contributed by atoms with Gasteiger partial charge in [-0.15, -0.1) is 0 Å². The highest BCUT2D eigenvalue weighted by Crippen LogP contribution is 2.27. The summed E-state index contributed by atoms with van der Waals surface area (Å²) in [6.07, 6.45) is 2.59. The minimum absolute atomic E-state index is 0.0161. The summed E-state index contributed by atoms with van der Waals surface area (Å²) < 4.78 is 5.79. The van der Waals surface area contributed by atoms with Crippen LogP contribution in [0.4, 0.5) is 0 Å². The van der Waals surface area contributed by atoms with Crippen LogP contribution in [0.15, 0.2) is 52.9 Å². The highest BCUT2D eigenvalue weighted by Gasteiger charge is 2.30. The van der Waals surface area contributed by atoms with Crippen molar-refractivity contribution in [1.29, 1.82) is 0 Å². The third-order valence-corrected chi connectivity index (χ3v) is 5.35. The Morgan fingerprint density at radius 3 is 2.57 bits per heavy atom. The molecular weight excluding hydrogens is 354 g/mol. The monoisotopic (exact) mass is 377 g/mol. The van der Waals surface area contributed by atoms with E-state index in [0.29, 0.717) is 11.5 Å². The van der Waals surface area contributed by atoms with Crippen LogP contribution in [-0.4, -0.2) is 40.8 Å². The first-order valence-corrected chi connectivity index (χ1v) is 9.51. The largest absolute Gasteiger partial charge is 0.436 e. The van der Waals surface area contributed by atoms with Gasteiger partial charge in [-0.05, 0) is 55.7 Å². The van der Waals surface area contributed by atoms with Crippen LogP contribution in [0.1, 0.15) is 36.5 Å². The Labute approximate surface area is 163 Å². The number of rotatable bonds is 4. The van der Waals surface area contributed by atoms with Crippen molar-refractivity contribution in [3.05, 3.63) is 54.1 Å². The molecule has 0 spiro atoms. The summed E-state index contributed by atoms with van der Waals surface area (Å²) in [5.74, 6) is 0.509. The Hall–Kier alpha value is -3.15.